The third kappa shape index (κ3) is 9.04. The van der Waals surface area contributed by atoms with Crippen molar-refractivity contribution in [3.63, 3.8) is 0 Å². The smallest absolute Gasteiger partial charge is 0.319 e. The van der Waals surface area contributed by atoms with Crippen LogP contribution in [0.2, 0.25) is 0 Å². The highest BCUT2D eigenvalue weighted by Crippen LogP contribution is 2.48. The Kier molecular flexibility index (Phi) is 12.3. The largest absolute Gasteiger partial charge is 0.508 e. The van der Waals surface area contributed by atoms with E-state index >= 15 is 8.78 Å². The van der Waals surface area contributed by atoms with Gasteiger partial charge in [-0.3, -0.25) is 29.6 Å². The second kappa shape index (κ2) is 18.5. The average molecular weight is 983 g/mol. The van der Waals surface area contributed by atoms with Gasteiger partial charge in [0.05, 0.1) is 29.1 Å². The molecule has 72 heavy (non-hydrogen) atoms. The summed E-state index contributed by atoms with van der Waals surface area (Å²) in [6, 6.07) is 13.8. The van der Waals surface area contributed by atoms with Crippen LogP contribution in [0.3, 0.4) is 0 Å². The summed E-state index contributed by atoms with van der Waals surface area (Å²) < 4.78 is 38.8. The number of aromatic nitrogens is 3. The van der Waals surface area contributed by atoms with Crippen LogP contribution in [-0.2, 0) is 22.6 Å². The van der Waals surface area contributed by atoms with Crippen molar-refractivity contribution in [2.24, 2.45) is 10.8 Å². The Morgan fingerprint density at radius 3 is 2.40 bits per heavy atom. The van der Waals surface area contributed by atoms with E-state index in [2.05, 4.69) is 36.1 Å². The average Bonchev–Trinajstić information content (AvgIpc) is 4.06. The summed E-state index contributed by atoms with van der Waals surface area (Å²) in [4.78, 5) is 62.3. The number of phenols is 1. The third-order valence-electron chi connectivity index (χ3n) is 16.2. The maximum absolute atomic E-state index is 17.2. The summed E-state index contributed by atoms with van der Waals surface area (Å²) in [6.45, 7) is 11.3. The van der Waals surface area contributed by atoms with E-state index in [-0.39, 0.29) is 58.7 Å². The number of imide groups is 1. The van der Waals surface area contributed by atoms with Gasteiger partial charge in [0, 0.05) is 93.7 Å². The van der Waals surface area contributed by atoms with Gasteiger partial charge >= 0.3 is 6.01 Å². The molecule has 1 saturated carbocycles. The van der Waals surface area contributed by atoms with E-state index in [1.165, 1.54) is 24.4 Å². The molecule has 3 amide bonds. The molecule has 5 aromatic rings. The number of anilines is 2. The number of nitrogens with one attached hydrogen (secondary N) is 1. The number of nitrogens with zero attached hydrogens (tertiary/aromatic N) is 9. The zero-order chi connectivity index (χ0) is 50.1. The number of aryl methyl sites for hydroxylation is 1. The number of piperidine rings is 3. The topological polar surface area (TPSA) is 192 Å². The Balaban J connectivity index is 0.742. The fraction of sp³-hybridized carbons (Fsp3) is 0.500. The third-order valence-corrected chi connectivity index (χ3v) is 16.2. The summed E-state index contributed by atoms with van der Waals surface area (Å²) in [5, 5.41) is 36.2. The molecule has 376 valence electrons. The SMILES string of the molecule is CCc1c(F)ccc2cc(O)cc(-c3ncc4c(N5CCC[C@@](C)(O)C5)nc(OCC5(CN6CCC(C#N)(CN7CCN(c8ccc9c(c8)CN([C@H]8CCC(=O)NC8=O)C9=O)CC7)CC6)CC5)nc4c3F)c12. The molecule has 18 heteroatoms. The molecule has 4 saturated heterocycles. The van der Waals surface area contributed by atoms with Crippen molar-refractivity contribution >= 4 is 50.9 Å². The molecule has 3 N–H and O–H groups in total. The van der Waals surface area contributed by atoms with Crippen LogP contribution in [0.25, 0.3) is 32.9 Å². The number of nitriles is 1. The lowest BCUT2D eigenvalue weighted by atomic mass is 9.79. The van der Waals surface area contributed by atoms with E-state index in [9.17, 15) is 29.9 Å². The second-order valence-corrected chi connectivity index (χ2v) is 21.5. The monoisotopic (exact) mass is 982 g/mol. The molecule has 11 rings (SSSR count). The van der Waals surface area contributed by atoms with Crippen molar-refractivity contribution in [1.29, 1.82) is 5.26 Å². The van der Waals surface area contributed by atoms with Crippen LogP contribution in [0.5, 0.6) is 11.8 Å². The molecule has 7 heterocycles. The molecule has 0 spiro atoms. The van der Waals surface area contributed by atoms with Crippen LogP contribution in [0, 0.1) is 33.8 Å². The van der Waals surface area contributed by atoms with Gasteiger partial charge in [-0.25, -0.2) is 8.78 Å². The van der Waals surface area contributed by atoms with Gasteiger partial charge in [0.1, 0.15) is 34.6 Å². The number of hydrogen-bond donors (Lipinski definition) is 3. The van der Waals surface area contributed by atoms with Crippen molar-refractivity contribution in [3.8, 4) is 29.1 Å². The number of halogens is 2. The van der Waals surface area contributed by atoms with Crippen molar-refractivity contribution in [2.75, 3.05) is 81.9 Å². The molecule has 6 aliphatic rings. The first-order valence-corrected chi connectivity index (χ1v) is 25.4. The molecular formula is C54H60F2N10O6. The lowest BCUT2D eigenvalue weighted by molar-refractivity contribution is -0.136. The van der Waals surface area contributed by atoms with Crippen molar-refractivity contribution in [3.05, 3.63) is 77.0 Å². The highest BCUT2D eigenvalue weighted by molar-refractivity contribution is 6.06. The Morgan fingerprint density at radius 2 is 1.68 bits per heavy atom. The zero-order valence-electron chi connectivity index (χ0n) is 40.9. The number of ether oxygens (including phenoxy) is 1. The van der Waals surface area contributed by atoms with Crippen molar-refractivity contribution < 1.29 is 38.1 Å². The van der Waals surface area contributed by atoms with Crippen LogP contribution in [0.15, 0.2) is 48.7 Å². The molecule has 1 aliphatic carbocycles. The van der Waals surface area contributed by atoms with E-state index in [0.29, 0.717) is 85.0 Å². The minimum Gasteiger partial charge on any atom is -0.508 e. The first kappa shape index (κ1) is 47.8. The van der Waals surface area contributed by atoms with Crippen molar-refractivity contribution in [1.82, 2.24) is 35.0 Å². The number of aliphatic hydroxyl groups is 1. The van der Waals surface area contributed by atoms with Crippen molar-refractivity contribution in [2.45, 2.75) is 89.8 Å². The van der Waals surface area contributed by atoms with Gasteiger partial charge in [0.15, 0.2) is 5.82 Å². The Labute approximate surface area is 416 Å². The van der Waals surface area contributed by atoms with Gasteiger partial charge in [-0.05, 0) is 130 Å². The molecule has 2 atom stereocenters. The quantitative estimate of drug-likeness (QED) is 0.122. The zero-order valence-corrected chi connectivity index (χ0v) is 40.9. The summed E-state index contributed by atoms with van der Waals surface area (Å²) >= 11 is 0. The Hall–Kier alpha value is -6.55. The highest BCUT2D eigenvalue weighted by Gasteiger charge is 2.47. The van der Waals surface area contributed by atoms with Gasteiger partial charge < -0.3 is 34.5 Å². The molecule has 16 nitrogen and oxygen atoms in total. The molecule has 2 aromatic heterocycles. The maximum Gasteiger partial charge on any atom is 0.319 e. The standard InChI is InChI=1S/C54H60F2N10O6/c1-3-37-41(55)8-5-33-24-36(67)25-39(44(33)37)46-45(56)47-40(26-58-46)48(65-16-4-11-52(2,71)29-65)61-51(60-47)72-32-54(12-13-54)31-62-17-14-53(28-57,15-18-62)30-63-19-21-64(22-20-63)35-6-7-38-34(23-35)27-66(50(38)70)42-9-10-43(68)59-49(42)69/h5-8,23-26,42,67,71H,3-4,9-22,27,29-32H2,1-2H3,(H,59,68,69)/t42-,52+/m0/s1. The van der Waals surface area contributed by atoms with E-state index in [4.69, 9.17) is 9.72 Å². The number of piperazine rings is 1. The number of benzene rings is 3. The van der Waals surface area contributed by atoms with Gasteiger partial charge in [0.2, 0.25) is 11.8 Å². The van der Waals surface area contributed by atoms with E-state index in [0.717, 1.165) is 82.7 Å². The number of likely N-dealkylation sites (tertiary alicyclic amines) is 1. The molecule has 3 aromatic carbocycles. The van der Waals surface area contributed by atoms with Gasteiger partial charge in [-0.1, -0.05) is 13.0 Å². The Morgan fingerprint density at radius 1 is 0.903 bits per heavy atom. The highest BCUT2D eigenvalue weighted by atomic mass is 19.1. The minimum atomic E-state index is -0.991. The van der Waals surface area contributed by atoms with Crippen LogP contribution in [0.4, 0.5) is 20.3 Å². The maximum atomic E-state index is 17.2. The number of fused-ring (bicyclic) bond motifs is 3. The normalized spacial score (nSPS) is 23.4. The van der Waals surface area contributed by atoms with Crippen LogP contribution in [0.1, 0.15) is 86.7 Å². The number of carbonyl (C=O) groups excluding carboxylic acids is 3. The first-order valence-electron chi connectivity index (χ1n) is 25.4. The summed E-state index contributed by atoms with van der Waals surface area (Å²) in [6.07, 6.45) is 7.08. The fourth-order valence-electron chi connectivity index (χ4n) is 12.0. The van der Waals surface area contributed by atoms with Gasteiger partial charge in [-0.2, -0.15) is 15.2 Å². The Bertz CT molecular complexity index is 3050. The predicted molar refractivity (Wildman–Crippen MR) is 265 cm³/mol. The van der Waals surface area contributed by atoms with Crippen LogP contribution >= 0.6 is 0 Å². The number of phenolic OH excluding ortho intramolecular Hbond substituents is 1. The van der Waals surface area contributed by atoms with E-state index < -0.39 is 34.6 Å². The second-order valence-electron chi connectivity index (χ2n) is 21.5. The van der Waals surface area contributed by atoms with Gasteiger partial charge in [0.25, 0.3) is 5.91 Å². The summed E-state index contributed by atoms with van der Waals surface area (Å²) in [7, 11) is 0. The number of β-amino-alcohol motifs (C(OH)–C–C–N with tert-alkyl or cyclic N) is 1. The molecule has 5 fully saturated rings. The predicted octanol–water partition coefficient (Wildman–Crippen LogP) is 6.09. The molecule has 0 unspecified atom stereocenters. The number of aromatic hydroxyl groups is 1. The molecule has 0 radical (unpaired) electrons. The number of carbonyl (C=O) groups is 3. The summed E-state index contributed by atoms with van der Waals surface area (Å²) in [5.41, 5.74) is 1.42. The number of hydrogen-bond acceptors (Lipinski definition) is 14. The molecular weight excluding hydrogens is 923 g/mol. The lowest BCUT2D eigenvalue weighted by Crippen LogP contribution is -2.52. The lowest BCUT2D eigenvalue weighted by Gasteiger charge is -2.43. The minimum absolute atomic E-state index is 0.0102. The molecule has 0 bridgehead atoms. The first-order chi connectivity index (χ1) is 34.6. The van der Waals surface area contributed by atoms with Crippen LogP contribution in [-0.4, -0.2) is 141 Å². The van der Waals surface area contributed by atoms with Gasteiger partial charge in [-0.15, -0.1) is 0 Å². The van der Waals surface area contributed by atoms with E-state index in [1.54, 1.807) is 17.9 Å². The number of rotatable bonds is 12. The summed E-state index contributed by atoms with van der Waals surface area (Å²) in [5.74, 6) is -1.78. The number of amides is 3. The fourth-order valence-corrected chi connectivity index (χ4v) is 12.0. The van der Waals surface area contributed by atoms with Crippen LogP contribution < -0.4 is 19.9 Å². The number of pyridine rings is 1. The molecule has 5 aliphatic heterocycles. The van der Waals surface area contributed by atoms with E-state index in [1.807, 2.05) is 30.0 Å².